The maximum absolute atomic E-state index is 13.4. The molecule has 4 nitrogen and oxygen atoms in total. The Morgan fingerprint density at radius 3 is 2.43 bits per heavy atom. The number of nitrogens with one attached hydrogen (secondary N) is 1. The van der Waals surface area contributed by atoms with Crippen LogP contribution in [0, 0.1) is 12.7 Å². The van der Waals surface area contributed by atoms with Gasteiger partial charge in [-0.25, -0.2) is 4.39 Å². The van der Waals surface area contributed by atoms with Crippen molar-refractivity contribution in [1.82, 2.24) is 10.2 Å². The van der Waals surface area contributed by atoms with Crippen LogP contribution in [-0.2, 0) is 4.79 Å². The van der Waals surface area contributed by atoms with Crippen molar-refractivity contribution in [3.63, 3.8) is 0 Å². The minimum Gasteiger partial charge on any atom is -0.354 e. The molecule has 0 saturated carbocycles. The van der Waals surface area contributed by atoms with Crippen molar-refractivity contribution in [2.75, 3.05) is 12.3 Å². The summed E-state index contributed by atoms with van der Waals surface area (Å²) in [6.07, 6.45) is 4.32. The Morgan fingerprint density at radius 1 is 1.07 bits per heavy atom. The van der Waals surface area contributed by atoms with E-state index in [4.69, 9.17) is 0 Å². The van der Waals surface area contributed by atoms with E-state index in [2.05, 4.69) is 12.2 Å². The van der Waals surface area contributed by atoms with Crippen molar-refractivity contribution in [3.8, 4) is 0 Å². The van der Waals surface area contributed by atoms with E-state index in [0.717, 1.165) is 36.8 Å². The van der Waals surface area contributed by atoms with Gasteiger partial charge in [0.05, 0.1) is 0 Å². The van der Waals surface area contributed by atoms with Gasteiger partial charge in [-0.1, -0.05) is 56.0 Å². The van der Waals surface area contributed by atoms with Crippen LogP contribution in [0.5, 0.6) is 0 Å². The van der Waals surface area contributed by atoms with Crippen molar-refractivity contribution in [3.05, 3.63) is 71.0 Å². The van der Waals surface area contributed by atoms with Crippen LogP contribution >= 0.6 is 11.8 Å². The highest BCUT2D eigenvalue weighted by Gasteiger charge is 2.42. The van der Waals surface area contributed by atoms with E-state index in [-0.39, 0.29) is 23.0 Å². The molecular formula is C24H29FN2O2S. The number of thioether (sulfide) groups is 1. The number of unbranched alkanes of at least 4 members (excludes halogenated alkanes) is 3. The number of halogens is 1. The molecule has 0 aliphatic carbocycles. The van der Waals surface area contributed by atoms with Crippen molar-refractivity contribution < 1.29 is 14.0 Å². The van der Waals surface area contributed by atoms with E-state index in [0.29, 0.717) is 17.9 Å². The molecule has 1 aliphatic rings. The van der Waals surface area contributed by atoms with E-state index < -0.39 is 6.04 Å². The molecule has 0 bridgehead atoms. The lowest BCUT2D eigenvalue weighted by Crippen LogP contribution is -2.48. The Bertz CT molecular complexity index is 855. The zero-order chi connectivity index (χ0) is 21.5. The topological polar surface area (TPSA) is 49.4 Å². The molecule has 2 amide bonds. The van der Waals surface area contributed by atoms with Gasteiger partial charge in [0, 0.05) is 17.9 Å². The minimum atomic E-state index is -0.551. The summed E-state index contributed by atoms with van der Waals surface area (Å²) in [7, 11) is 0. The number of rotatable bonds is 8. The molecule has 2 aromatic rings. The van der Waals surface area contributed by atoms with Gasteiger partial charge in [-0.05, 0) is 43.2 Å². The van der Waals surface area contributed by atoms with Gasteiger partial charge >= 0.3 is 0 Å². The van der Waals surface area contributed by atoms with E-state index in [1.54, 1.807) is 40.9 Å². The molecule has 1 saturated heterocycles. The Morgan fingerprint density at radius 2 is 1.77 bits per heavy atom. The monoisotopic (exact) mass is 428 g/mol. The average molecular weight is 429 g/mol. The van der Waals surface area contributed by atoms with E-state index in [1.807, 2.05) is 19.1 Å². The maximum atomic E-state index is 13.4. The lowest BCUT2D eigenvalue weighted by atomic mass is 10.1. The van der Waals surface area contributed by atoms with Gasteiger partial charge in [-0.2, -0.15) is 0 Å². The first-order chi connectivity index (χ1) is 14.5. The summed E-state index contributed by atoms with van der Waals surface area (Å²) in [5.74, 6) is -0.107. The quantitative estimate of drug-likeness (QED) is 0.596. The lowest BCUT2D eigenvalue weighted by Gasteiger charge is -2.29. The highest BCUT2D eigenvalue weighted by Crippen LogP contribution is 2.42. The smallest absolute Gasteiger partial charge is 0.255 e. The van der Waals surface area contributed by atoms with Gasteiger partial charge in [0.25, 0.3) is 5.91 Å². The minimum absolute atomic E-state index is 0.121. The molecule has 1 N–H and O–H groups in total. The lowest BCUT2D eigenvalue weighted by molar-refractivity contribution is -0.124. The summed E-state index contributed by atoms with van der Waals surface area (Å²) in [6, 6.07) is 13.0. The first-order valence-electron chi connectivity index (χ1n) is 10.6. The molecule has 3 rings (SSSR count). The highest BCUT2D eigenvalue weighted by atomic mass is 32.2. The number of amides is 2. The normalized spacial score (nSPS) is 18.4. The third kappa shape index (κ3) is 5.42. The van der Waals surface area contributed by atoms with Crippen LogP contribution in [-0.4, -0.2) is 35.1 Å². The van der Waals surface area contributed by atoms with Crippen LogP contribution in [0.1, 0.15) is 59.5 Å². The highest BCUT2D eigenvalue weighted by molar-refractivity contribution is 7.99. The zero-order valence-electron chi connectivity index (χ0n) is 17.6. The van der Waals surface area contributed by atoms with E-state index in [9.17, 15) is 14.0 Å². The fourth-order valence-corrected chi connectivity index (χ4v) is 5.00. The third-order valence-corrected chi connectivity index (χ3v) is 6.64. The second-order valence-corrected chi connectivity index (χ2v) is 8.80. The fraction of sp³-hybridized carbons (Fsp3) is 0.417. The molecule has 160 valence electrons. The molecule has 0 spiro atoms. The second kappa shape index (κ2) is 10.6. The molecule has 6 heteroatoms. The van der Waals surface area contributed by atoms with Gasteiger partial charge in [-0.3, -0.25) is 9.59 Å². The Kier molecular flexibility index (Phi) is 7.91. The van der Waals surface area contributed by atoms with Gasteiger partial charge in [0.2, 0.25) is 5.91 Å². The fourth-order valence-electron chi connectivity index (χ4n) is 3.57. The number of hydrogen-bond donors (Lipinski definition) is 1. The van der Waals surface area contributed by atoms with Crippen molar-refractivity contribution in [2.45, 2.75) is 50.9 Å². The summed E-state index contributed by atoms with van der Waals surface area (Å²) < 4.78 is 13.4. The number of benzene rings is 2. The third-order valence-electron chi connectivity index (χ3n) is 5.32. The van der Waals surface area contributed by atoms with Crippen LogP contribution in [0.4, 0.5) is 4.39 Å². The maximum Gasteiger partial charge on any atom is 0.255 e. The van der Waals surface area contributed by atoms with Gasteiger partial charge in [0.15, 0.2) is 0 Å². The number of carbonyl (C=O) groups is 2. The Balaban J connectivity index is 1.80. The summed E-state index contributed by atoms with van der Waals surface area (Å²) in [6.45, 7) is 4.74. The number of nitrogens with zero attached hydrogens (tertiary/aromatic N) is 1. The van der Waals surface area contributed by atoms with Crippen molar-refractivity contribution >= 4 is 23.6 Å². The van der Waals surface area contributed by atoms with Crippen molar-refractivity contribution in [1.29, 1.82) is 0 Å². The van der Waals surface area contributed by atoms with Gasteiger partial charge < -0.3 is 10.2 Å². The summed E-state index contributed by atoms with van der Waals surface area (Å²) in [5, 5.41) is 2.68. The van der Waals surface area contributed by atoms with Gasteiger partial charge in [-0.15, -0.1) is 11.8 Å². The predicted octanol–water partition coefficient (Wildman–Crippen LogP) is 5.09. The molecule has 1 heterocycles. The molecule has 0 radical (unpaired) electrons. The van der Waals surface area contributed by atoms with Gasteiger partial charge in [0.1, 0.15) is 17.2 Å². The van der Waals surface area contributed by atoms with Crippen LogP contribution in [0.2, 0.25) is 0 Å². The van der Waals surface area contributed by atoms with Crippen LogP contribution in [0.3, 0.4) is 0 Å². The molecule has 0 unspecified atom stereocenters. The largest absolute Gasteiger partial charge is 0.354 e. The molecule has 2 atom stereocenters. The average Bonchev–Trinajstić information content (AvgIpc) is 3.19. The Hall–Kier alpha value is -2.34. The molecule has 1 fully saturated rings. The standard InChI is InChI=1S/C24H29FN2O2S/c1-3-4-5-6-15-26-22(28)21-16-30-24(19-11-13-20(25)14-12-19)27(21)23(29)18-9-7-17(2)8-10-18/h7-14,21,24H,3-6,15-16H2,1-2H3,(H,26,28)/t21-,24-/m1/s1. The molecule has 30 heavy (non-hydrogen) atoms. The zero-order valence-corrected chi connectivity index (χ0v) is 18.4. The summed E-state index contributed by atoms with van der Waals surface area (Å²) >= 11 is 1.54. The molecule has 2 aromatic carbocycles. The number of carbonyl (C=O) groups excluding carboxylic acids is 2. The first-order valence-corrected chi connectivity index (χ1v) is 11.6. The number of aryl methyl sites for hydroxylation is 1. The Labute approximate surface area is 182 Å². The van der Waals surface area contributed by atoms with E-state index in [1.165, 1.54) is 12.1 Å². The first kappa shape index (κ1) is 22.3. The van der Waals surface area contributed by atoms with E-state index >= 15 is 0 Å². The molecular weight excluding hydrogens is 399 g/mol. The second-order valence-electron chi connectivity index (χ2n) is 7.68. The summed E-state index contributed by atoms with van der Waals surface area (Å²) in [5.41, 5.74) is 2.44. The summed E-state index contributed by atoms with van der Waals surface area (Å²) in [4.78, 5) is 28.0. The number of hydrogen-bond acceptors (Lipinski definition) is 3. The molecule has 0 aromatic heterocycles. The molecule has 1 aliphatic heterocycles. The van der Waals surface area contributed by atoms with Crippen LogP contribution in [0.25, 0.3) is 0 Å². The van der Waals surface area contributed by atoms with Crippen molar-refractivity contribution in [2.24, 2.45) is 0 Å². The SMILES string of the molecule is CCCCCCNC(=O)[C@H]1CS[C@H](c2ccc(F)cc2)N1C(=O)c1ccc(C)cc1. The van der Waals surface area contributed by atoms with Crippen LogP contribution < -0.4 is 5.32 Å². The predicted molar refractivity (Wildman–Crippen MR) is 120 cm³/mol. The van der Waals surface area contributed by atoms with Crippen LogP contribution in [0.15, 0.2) is 48.5 Å².